The minimum Gasteiger partial charge on any atom is -0.381 e. The van der Waals surface area contributed by atoms with E-state index < -0.39 is 0 Å². The topological polar surface area (TPSA) is 53.1 Å². The number of aryl methyl sites for hydroxylation is 1. The zero-order valence-electron chi connectivity index (χ0n) is 12.4. The van der Waals surface area contributed by atoms with Gasteiger partial charge in [0.05, 0.1) is 16.1 Å². The normalized spacial score (nSPS) is 18.2. The number of benzene rings is 1. The van der Waals surface area contributed by atoms with Crippen LogP contribution in [0.2, 0.25) is 5.02 Å². The molecular formula is C16H22ClN3O. The van der Waals surface area contributed by atoms with E-state index in [1.807, 2.05) is 18.2 Å². The minimum atomic E-state index is -0.0875. The Morgan fingerprint density at radius 2 is 2.14 bits per heavy atom. The number of fused-ring (bicyclic) bond motifs is 1. The maximum Gasteiger partial charge on any atom is 0.117 e. The molecule has 2 N–H and O–H groups in total. The van der Waals surface area contributed by atoms with Crippen molar-refractivity contribution in [3.05, 3.63) is 29.0 Å². The summed E-state index contributed by atoms with van der Waals surface area (Å²) in [5.41, 5.74) is 8.07. The number of ether oxygens (including phenoxy) is 1. The number of imidazole rings is 1. The molecule has 3 rings (SSSR count). The van der Waals surface area contributed by atoms with Gasteiger partial charge in [0.15, 0.2) is 0 Å². The molecule has 114 valence electrons. The largest absolute Gasteiger partial charge is 0.381 e. The van der Waals surface area contributed by atoms with Gasteiger partial charge in [0.2, 0.25) is 0 Å². The van der Waals surface area contributed by atoms with Crippen LogP contribution in [0.3, 0.4) is 0 Å². The first-order chi connectivity index (χ1) is 10.2. The Morgan fingerprint density at radius 1 is 1.38 bits per heavy atom. The fraction of sp³-hybridized carbons (Fsp3) is 0.562. The average Bonchev–Trinajstić information content (AvgIpc) is 2.89. The molecule has 2 aromatic rings. The Balaban J connectivity index is 2.21. The Labute approximate surface area is 130 Å². The molecule has 1 aromatic heterocycles. The van der Waals surface area contributed by atoms with Crippen LogP contribution < -0.4 is 5.73 Å². The van der Waals surface area contributed by atoms with Gasteiger partial charge in [-0.3, -0.25) is 0 Å². The zero-order chi connectivity index (χ0) is 14.9. The molecule has 1 aliphatic heterocycles. The van der Waals surface area contributed by atoms with Gasteiger partial charge in [-0.15, -0.1) is 0 Å². The number of aromatic nitrogens is 2. The molecule has 0 saturated carbocycles. The third-order valence-electron chi connectivity index (χ3n) is 4.48. The number of hydrogen-bond acceptors (Lipinski definition) is 3. The summed E-state index contributed by atoms with van der Waals surface area (Å²) in [4.78, 5) is 4.90. The molecule has 0 atom stereocenters. The molecule has 1 saturated heterocycles. The first kappa shape index (κ1) is 14.8. The highest BCUT2D eigenvalue weighted by atomic mass is 35.5. The fourth-order valence-electron chi connectivity index (χ4n) is 3.27. The number of hydrogen-bond donors (Lipinski definition) is 1. The molecule has 0 amide bonds. The highest BCUT2D eigenvalue weighted by molar-refractivity contribution is 6.35. The van der Waals surface area contributed by atoms with E-state index in [-0.39, 0.29) is 5.41 Å². The molecule has 4 nitrogen and oxygen atoms in total. The van der Waals surface area contributed by atoms with Crippen LogP contribution in [0.15, 0.2) is 18.2 Å². The van der Waals surface area contributed by atoms with Crippen LogP contribution in [0.1, 0.15) is 32.0 Å². The summed E-state index contributed by atoms with van der Waals surface area (Å²) >= 11 is 6.42. The summed E-state index contributed by atoms with van der Waals surface area (Å²) < 4.78 is 7.80. The maximum absolute atomic E-state index is 6.42. The summed E-state index contributed by atoms with van der Waals surface area (Å²) in [6.07, 6.45) is 2.89. The van der Waals surface area contributed by atoms with Crippen LogP contribution in [-0.4, -0.2) is 29.3 Å². The minimum absolute atomic E-state index is 0.0875. The SMILES string of the molecule is CCCn1c(C2(CN)CCOCC2)nc2cccc(Cl)c21. The van der Waals surface area contributed by atoms with Crippen molar-refractivity contribution >= 4 is 22.6 Å². The smallest absolute Gasteiger partial charge is 0.117 e. The molecule has 21 heavy (non-hydrogen) atoms. The van der Waals surface area contributed by atoms with E-state index in [1.165, 1.54) is 0 Å². The van der Waals surface area contributed by atoms with Crippen molar-refractivity contribution in [1.29, 1.82) is 0 Å². The lowest BCUT2D eigenvalue weighted by molar-refractivity contribution is 0.0488. The molecule has 0 radical (unpaired) electrons. The van der Waals surface area contributed by atoms with Crippen molar-refractivity contribution in [1.82, 2.24) is 9.55 Å². The number of nitrogens with two attached hydrogens (primary N) is 1. The van der Waals surface area contributed by atoms with Crippen LogP contribution in [0, 0.1) is 0 Å². The predicted octanol–water partition coefficient (Wildman–Crippen LogP) is 3.11. The van der Waals surface area contributed by atoms with E-state index in [9.17, 15) is 0 Å². The lowest BCUT2D eigenvalue weighted by atomic mass is 9.79. The standard InChI is InChI=1S/C16H22ClN3O/c1-2-8-20-14-12(17)4-3-5-13(14)19-15(20)16(11-18)6-9-21-10-7-16/h3-5H,2,6-11,18H2,1H3. The fourth-order valence-corrected chi connectivity index (χ4v) is 3.54. The highest BCUT2D eigenvalue weighted by Crippen LogP contribution is 2.36. The van der Waals surface area contributed by atoms with Crippen molar-refractivity contribution in [2.75, 3.05) is 19.8 Å². The molecule has 0 bridgehead atoms. The number of nitrogens with zero attached hydrogens (tertiary/aromatic N) is 2. The molecule has 1 fully saturated rings. The predicted molar refractivity (Wildman–Crippen MR) is 85.8 cm³/mol. The first-order valence-electron chi connectivity index (χ1n) is 7.65. The van der Waals surface area contributed by atoms with Crippen LogP contribution in [0.5, 0.6) is 0 Å². The van der Waals surface area contributed by atoms with Gasteiger partial charge < -0.3 is 15.0 Å². The summed E-state index contributed by atoms with van der Waals surface area (Å²) in [5.74, 6) is 1.08. The summed E-state index contributed by atoms with van der Waals surface area (Å²) in [5, 5.41) is 0.763. The second kappa shape index (κ2) is 5.95. The van der Waals surface area contributed by atoms with Gasteiger partial charge in [-0.25, -0.2) is 4.98 Å². The van der Waals surface area contributed by atoms with Crippen LogP contribution in [0.4, 0.5) is 0 Å². The van der Waals surface area contributed by atoms with Gasteiger partial charge >= 0.3 is 0 Å². The van der Waals surface area contributed by atoms with E-state index in [4.69, 9.17) is 27.1 Å². The van der Waals surface area contributed by atoms with E-state index in [2.05, 4.69) is 11.5 Å². The Kier molecular flexibility index (Phi) is 4.20. The maximum atomic E-state index is 6.42. The highest BCUT2D eigenvalue weighted by Gasteiger charge is 2.38. The third kappa shape index (κ3) is 2.45. The lowest BCUT2D eigenvalue weighted by Crippen LogP contribution is -2.42. The Hall–Kier alpha value is -1.10. The zero-order valence-corrected chi connectivity index (χ0v) is 13.2. The second-order valence-corrected chi connectivity index (χ2v) is 6.20. The van der Waals surface area contributed by atoms with Gasteiger partial charge in [0.25, 0.3) is 0 Å². The first-order valence-corrected chi connectivity index (χ1v) is 8.02. The van der Waals surface area contributed by atoms with Gasteiger partial charge in [0.1, 0.15) is 5.82 Å². The molecule has 2 heterocycles. The van der Waals surface area contributed by atoms with Crippen molar-refractivity contribution in [3.8, 4) is 0 Å². The van der Waals surface area contributed by atoms with Crippen LogP contribution in [0.25, 0.3) is 11.0 Å². The van der Waals surface area contributed by atoms with E-state index >= 15 is 0 Å². The number of rotatable bonds is 4. The molecule has 0 spiro atoms. The molecule has 1 aromatic carbocycles. The van der Waals surface area contributed by atoms with E-state index in [0.29, 0.717) is 6.54 Å². The summed E-state index contributed by atoms with van der Waals surface area (Å²) in [6, 6.07) is 5.91. The Bertz CT molecular complexity index is 632. The van der Waals surface area contributed by atoms with Gasteiger partial charge in [0, 0.05) is 31.7 Å². The monoisotopic (exact) mass is 307 g/mol. The molecule has 5 heteroatoms. The van der Waals surface area contributed by atoms with Crippen molar-refractivity contribution in [2.24, 2.45) is 5.73 Å². The molecule has 1 aliphatic rings. The van der Waals surface area contributed by atoms with E-state index in [1.54, 1.807) is 0 Å². The number of para-hydroxylation sites is 1. The van der Waals surface area contributed by atoms with Crippen LogP contribution >= 0.6 is 11.6 Å². The number of halogens is 1. The molecule has 0 unspecified atom stereocenters. The van der Waals surface area contributed by atoms with Crippen molar-refractivity contribution < 1.29 is 4.74 Å². The second-order valence-electron chi connectivity index (χ2n) is 5.79. The summed E-state index contributed by atoms with van der Waals surface area (Å²) in [7, 11) is 0. The molecule has 0 aliphatic carbocycles. The summed E-state index contributed by atoms with van der Waals surface area (Å²) in [6.45, 7) is 5.19. The van der Waals surface area contributed by atoms with Crippen molar-refractivity contribution in [2.45, 2.75) is 38.1 Å². The average molecular weight is 308 g/mol. The van der Waals surface area contributed by atoms with Crippen molar-refractivity contribution in [3.63, 3.8) is 0 Å². The van der Waals surface area contributed by atoms with E-state index in [0.717, 1.165) is 60.9 Å². The van der Waals surface area contributed by atoms with Crippen LogP contribution in [-0.2, 0) is 16.7 Å². The lowest BCUT2D eigenvalue weighted by Gasteiger charge is -2.35. The van der Waals surface area contributed by atoms with Gasteiger partial charge in [-0.1, -0.05) is 24.6 Å². The third-order valence-corrected chi connectivity index (χ3v) is 4.78. The quantitative estimate of drug-likeness (QED) is 0.944. The van der Waals surface area contributed by atoms with Gasteiger partial charge in [-0.2, -0.15) is 0 Å². The Morgan fingerprint density at radius 3 is 2.81 bits per heavy atom. The van der Waals surface area contributed by atoms with Gasteiger partial charge in [-0.05, 0) is 31.4 Å². The molecular weight excluding hydrogens is 286 g/mol.